The first kappa shape index (κ1) is 10.3. The lowest BCUT2D eigenvalue weighted by atomic mass is 10.3. The molecule has 0 heterocycles. The summed E-state index contributed by atoms with van der Waals surface area (Å²) in [6.45, 7) is 0. The maximum atomic E-state index is 10.5. The summed E-state index contributed by atoms with van der Waals surface area (Å²) in [7, 11) is 1.43. The normalized spacial score (nSPS) is 9.77. The van der Waals surface area contributed by atoms with Crippen LogP contribution in [-0.2, 0) is 0 Å². The Morgan fingerprint density at radius 2 is 2.23 bits per heavy atom. The molecule has 4 nitrogen and oxygen atoms in total. The molecule has 0 aromatic heterocycles. The van der Waals surface area contributed by atoms with E-state index >= 15 is 0 Å². The predicted molar refractivity (Wildman–Crippen MR) is 52.4 cm³/mol. The number of nitro benzene ring substituents is 1. The SMILES string of the molecule is COc1cc(Br)c(Cl)c([N+](=O)[O-])c1. The number of halogens is 2. The number of benzene rings is 1. The molecule has 1 rings (SSSR count). The summed E-state index contributed by atoms with van der Waals surface area (Å²) in [6.07, 6.45) is 0. The number of nitro groups is 1. The number of ether oxygens (including phenoxy) is 1. The summed E-state index contributed by atoms with van der Waals surface area (Å²) in [5.41, 5.74) is -0.173. The second-order valence-electron chi connectivity index (χ2n) is 2.20. The molecule has 70 valence electrons. The van der Waals surface area contributed by atoms with Crippen LogP contribution in [0.2, 0.25) is 5.02 Å². The van der Waals surface area contributed by atoms with Gasteiger partial charge in [-0.3, -0.25) is 10.1 Å². The summed E-state index contributed by atoms with van der Waals surface area (Å²) in [6, 6.07) is 2.84. The monoisotopic (exact) mass is 265 g/mol. The highest BCUT2D eigenvalue weighted by Crippen LogP contribution is 2.35. The molecule has 0 spiro atoms. The lowest BCUT2D eigenvalue weighted by molar-refractivity contribution is -0.384. The van der Waals surface area contributed by atoms with Crippen molar-refractivity contribution in [2.45, 2.75) is 0 Å². The molecule has 0 atom stereocenters. The van der Waals surface area contributed by atoms with Gasteiger partial charge >= 0.3 is 0 Å². The summed E-state index contributed by atoms with van der Waals surface area (Å²) < 4.78 is 5.29. The molecular weight excluding hydrogens is 261 g/mol. The molecule has 0 saturated carbocycles. The zero-order valence-electron chi connectivity index (χ0n) is 6.58. The van der Waals surface area contributed by atoms with Gasteiger partial charge in [0.15, 0.2) is 0 Å². The zero-order valence-corrected chi connectivity index (χ0v) is 8.92. The number of hydrogen-bond acceptors (Lipinski definition) is 3. The van der Waals surface area contributed by atoms with Gasteiger partial charge in [0.2, 0.25) is 0 Å². The maximum absolute atomic E-state index is 10.5. The van der Waals surface area contributed by atoms with E-state index < -0.39 is 4.92 Å². The van der Waals surface area contributed by atoms with E-state index in [2.05, 4.69) is 15.9 Å². The van der Waals surface area contributed by atoms with E-state index in [1.165, 1.54) is 13.2 Å². The molecule has 1 aromatic carbocycles. The Balaban J connectivity index is 3.33. The van der Waals surface area contributed by atoms with Crippen LogP contribution in [0, 0.1) is 10.1 Å². The molecule has 0 amide bonds. The molecule has 0 fully saturated rings. The molecular formula is C7H5BrClNO3. The molecule has 0 bridgehead atoms. The Kier molecular flexibility index (Phi) is 3.11. The lowest BCUT2D eigenvalue weighted by Crippen LogP contribution is -1.91. The molecule has 0 saturated heterocycles. The molecule has 0 aliphatic heterocycles. The number of nitrogens with zero attached hydrogens (tertiary/aromatic N) is 1. The number of methoxy groups -OCH3 is 1. The van der Waals surface area contributed by atoms with Crippen molar-refractivity contribution < 1.29 is 9.66 Å². The van der Waals surface area contributed by atoms with Crippen LogP contribution in [0.25, 0.3) is 0 Å². The molecule has 0 N–H and O–H groups in total. The largest absolute Gasteiger partial charge is 0.496 e. The van der Waals surface area contributed by atoms with E-state index in [1.807, 2.05) is 0 Å². The van der Waals surface area contributed by atoms with Crippen LogP contribution in [0.15, 0.2) is 16.6 Å². The minimum absolute atomic E-state index is 0.0748. The van der Waals surface area contributed by atoms with Crippen LogP contribution in [0.4, 0.5) is 5.69 Å². The lowest BCUT2D eigenvalue weighted by Gasteiger charge is -2.02. The van der Waals surface area contributed by atoms with Crippen molar-refractivity contribution in [1.29, 1.82) is 0 Å². The smallest absolute Gasteiger partial charge is 0.292 e. The third kappa shape index (κ3) is 2.10. The second kappa shape index (κ2) is 3.93. The van der Waals surface area contributed by atoms with Gasteiger partial charge in [0.1, 0.15) is 10.8 Å². The van der Waals surface area contributed by atoms with Crippen LogP contribution in [0.1, 0.15) is 0 Å². The van der Waals surface area contributed by atoms with E-state index in [-0.39, 0.29) is 10.7 Å². The Hall–Kier alpha value is -0.810. The van der Waals surface area contributed by atoms with Gasteiger partial charge < -0.3 is 4.74 Å². The van der Waals surface area contributed by atoms with Gasteiger partial charge in [-0.25, -0.2) is 0 Å². The highest BCUT2D eigenvalue weighted by molar-refractivity contribution is 9.10. The third-order valence-electron chi connectivity index (χ3n) is 1.41. The van der Waals surface area contributed by atoms with Crippen LogP contribution < -0.4 is 4.74 Å². The van der Waals surface area contributed by atoms with E-state index in [0.29, 0.717) is 10.2 Å². The van der Waals surface area contributed by atoms with Crippen molar-refractivity contribution in [2.24, 2.45) is 0 Å². The molecule has 13 heavy (non-hydrogen) atoms. The molecule has 0 radical (unpaired) electrons. The van der Waals surface area contributed by atoms with Gasteiger partial charge in [0.05, 0.1) is 18.1 Å². The minimum atomic E-state index is -0.560. The molecule has 6 heteroatoms. The zero-order chi connectivity index (χ0) is 10.0. The van der Waals surface area contributed by atoms with E-state index in [4.69, 9.17) is 16.3 Å². The number of hydrogen-bond donors (Lipinski definition) is 0. The van der Waals surface area contributed by atoms with Crippen molar-refractivity contribution in [2.75, 3.05) is 7.11 Å². The first-order valence-electron chi connectivity index (χ1n) is 3.23. The van der Waals surface area contributed by atoms with Crippen LogP contribution in [-0.4, -0.2) is 12.0 Å². The Morgan fingerprint density at radius 3 is 2.69 bits per heavy atom. The third-order valence-corrected chi connectivity index (χ3v) is 2.67. The summed E-state index contributed by atoms with van der Waals surface area (Å²) in [5, 5.41) is 10.6. The van der Waals surface area contributed by atoms with Crippen LogP contribution >= 0.6 is 27.5 Å². The van der Waals surface area contributed by atoms with E-state index in [9.17, 15) is 10.1 Å². The average Bonchev–Trinajstić information content (AvgIpc) is 2.09. The van der Waals surface area contributed by atoms with Crippen molar-refractivity contribution in [3.8, 4) is 5.75 Å². The van der Waals surface area contributed by atoms with Crippen LogP contribution in [0.5, 0.6) is 5.75 Å². The highest BCUT2D eigenvalue weighted by atomic mass is 79.9. The fourth-order valence-electron chi connectivity index (χ4n) is 0.801. The molecule has 1 aromatic rings. The van der Waals surface area contributed by atoms with E-state index in [0.717, 1.165) is 0 Å². The van der Waals surface area contributed by atoms with Gasteiger partial charge in [-0.2, -0.15) is 0 Å². The fourth-order valence-corrected chi connectivity index (χ4v) is 1.41. The first-order valence-corrected chi connectivity index (χ1v) is 4.40. The topological polar surface area (TPSA) is 52.4 Å². The molecule has 0 aliphatic rings. The summed E-state index contributed by atoms with van der Waals surface area (Å²) >= 11 is 8.76. The average molecular weight is 266 g/mol. The highest BCUT2D eigenvalue weighted by Gasteiger charge is 2.16. The number of rotatable bonds is 2. The Bertz CT molecular complexity index is 356. The standard InChI is InChI=1S/C7H5BrClNO3/c1-13-4-2-5(8)7(9)6(3-4)10(11)12/h2-3H,1H3. The van der Waals surface area contributed by atoms with Crippen LogP contribution in [0.3, 0.4) is 0 Å². The van der Waals surface area contributed by atoms with Crippen molar-refractivity contribution in [3.63, 3.8) is 0 Å². The van der Waals surface area contributed by atoms with Gasteiger partial charge in [-0.15, -0.1) is 0 Å². The Labute approximate surface area is 87.7 Å². The van der Waals surface area contributed by atoms with Gasteiger partial charge in [0.25, 0.3) is 5.69 Å². The second-order valence-corrected chi connectivity index (χ2v) is 3.43. The maximum Gasteiger partial charge on any atom is 0.292 e. The van der Waals surface area contributed by atoms with Gasteiger partial charge in [0, 0.05) is 4.47 Å². The van der Waals surface area contributed by atoms with Crippen molar-refractivity contribution >= 4 is 33.2 Å². The molecule has 0 aliphatic carbocycles. The fraction of sp³-hybridized carbons (Fsp3) is 0.143. The van der Waals surface area contributed by atoms with E-state index in [1.54, 1.807) is 6.07 Å². The molecule has 0 unspecified atom stereocenters. The minimum Gasteiger partial charge on any atom is -0.496 e. The Morgan fingerprint density at radius 1 is 1.62 bits per heavy atom. The summed E-state index contributed by atoms with van der Waals surface area (Å²) in [4.78, 5) is 9.93. The van der Waals surface area contributed by atoms with Gasteiger partial charge in [-0.05, 0) is 22.0 Å². The van der Waals surface area contributed by atoms with Crippen molar-refractivity contribution in [1.82, 2.24) is 0 Å². The predicted octanol–water partition coefficient (Wildman–Crippen LogP) is 3.02. The summed E-state index contributed by atoms with van der Waals surface area (Å²) in [5.74, 6) is 0.392. The van der Waals surface area contributed by atoms with Crippen molar-refractivity contribution in [3.05, 3.63) is 31.7 Å². The van der Waals surface area contributed by atoms with Gasteiger partial charge in [-0.1, -0.05) is 11.6 Å². The first-order chi connectivity index (χ1) is 6.06. The quantitative estimate of drug-likeness (QED) is 0.611.